The number of hydrogen-bond donors (Lipinski definition) is 1. The molecule has 0 atom stereocenters. The maximum absolute atomic E-state index is 13.3. The first-order valence-electron chi connectivity index (χ1n) is 10.5. The van der Waals surface area contributed by atoms with Crippen LogP contribution in [0, 0.1) is 0 Å². The van der Waals surface area contributed by atoms with Crippen molar-refractivity contribution in [1.82, 2.24) is 9.55 Å². The number of rotatable bonds is 4. The zero-order valence-electron chi connectivity index (χ0n) is 18.3. The second-order valence-corrected chi connectivity index (χ2v) is 7.82. The van der Waals surface area contributed by atoms with Crippen molar-refractivity contribution in [2.24, 2.45) is 4.99 Å². The molecule has 0 aliphatic carbocycles. The van der Waals surface area contributed by atoms with Gasteiger partial charge in [-0.3, -0.25) is 14.4 Å². The molecular formula is C25H17F6N3O2. The summed E-state index contributed by atoms with van der Waals surface area (Å²) in [4.78, 5) is 22.1. The van der Waals surface area contributed by atoms with E-state index in [-0.39, 0.29) is 23.3 Å². The summed E-state index contributed by atoms with van der Waals surface area (Å²) >= 11 is 0. The van der Waals surface area contributed by atoms with E-state index in [4.69, 9.17) is 0 Å². The minimum atomic E-state index is -6.02. The Kier molecular flexibility index (Phi) is 6.44. The zero-order chi connectivity index (χ0) is 26.1. The van der Waals surface area contributed by atoms with Gasteiger partial charge in [0.15, 0.2) is 0 Å². The van der Waals surface area contributed by atoms with E-state index in [1.807, 2.05) is 0 Å². The average molecular weight is 505 g/mol. The van der Waals surface area contributed by atoms with Gasteiger partial charge in [0.25, 0.3) is 11.2 Å². The lowest BCUT2D eigenvalue weighted by Gasteiger charge is -2.32. The van der Waals surface area contributed by atoms with Gasteiger partial charge in [0, 0.05) is 23.9 Å². The summed E-state index contributed by atoms with van der Waals surface area (Å²) in [6.07, 6.45) is -1.89. The maximum atomic E-state index is 13.3. The third-order valence-corrected chi connectivity index (χ3v) is 5.50. The number of aliphatic hydroxyl groups is 1. The van der Waals surface area contributed by atoms with E-state index in [1.54, 1.807) is 48.6 Å². The molecule has 0 saturated heterocycles. The van der Waals surface area contributed by atoms with Crippen molar-refractivity contribution in [3.63, 3.8) is 0 Å². The Bertz CT molecular complexity index is 1450. The highest BCUT2D eigenvalue weighted by Crippen LogP contribution is 2.50. The van der Waals surface area contributed by atoms with Crippen LogP contribution in [0.2, 0.25) is 0 Å². The molecule has 1 aliphatic heterocycles. The van der Waals surface area contributed by atoms with Crippen LogP contribution in [-0.2, 0) is 12.0 Å². The number of alkyl halides is 6. The molecule has 0 radical (unpaired) electrons. The summed E-state index contributed by atoms with van der Waals surface area (Å²) in [5, 5.41) is 9.87. The highest BCUT2D eigenvalue weighted by molar-refractivity contribution is 5.97. The molecule has 1 aliphatic rings. The van der Waals surface area contributed by atoms with Crippen molar-refractivity contribution in [1.29, 1.82) is 0 Å². The lowest BCUT2D eigenvalue weighted by atomic mass is 9.92. The minimum Gasteiger partial charge on any atom is -0.369 e. The number of aliphatic imine (C=N–C) groups is 1. The molecule has 0 saturated carbocycles. The molecule has 0 amide bonds. The molecule has 5 nitrogen and oxygen atoms in total. The van der Waals surface area contributed by atoms with Crippen molar-refractivity contribution in [3.8, 4) is 5.69 Å². The maximum Gasteiger partial charge on any atom is 0.430 e. The van der Waals surface area contributed by atoms with Gasteiger partial charge in [-0.1, -0.05) is 42.5 Å². The Hall–Kier alpha value is -3.99. The molecule has 2 aromatic carbocycles. The van der Waals surface area contributed by atoms with Crippen molar-refractivity contribution >= 4 is 16.6 Å². The Balaban J connectivity index is 1.87. The fraction of sp³-hybridized carbons (Fsp3) is 0.160. The summed E-state index contributed by atoms with van der Waals surface area (Å²) in [6, 6.07) is 9.17. The minimum absolute atomic E-state index is 0.0328. The van der Waals surface area contributed by atoms with Crippen LogP contribution in [0.25, 0.3) is 16.6 Å². The first kappa shape index (κ1) is 25.1. The smallest absolute Gasteiger partial charge is 0.369 e. The molecule has 186 valence electrons. The summed E-state index contributed by atoms with van der Waals surface area (Å²) in [5.41, 5.74) is -6.25. The van der Waals surface area contributed by atoms with Crippen molar-refractivity contribution < 1.29 is 31.4 Å². The van der Waals surface area contributed by atoms with Gasteiger partial charge in [-0.25, -0.2) is 4.98 Å². The lowest BCUT2D eigenvalue weighted by molar-refractivity contribution is -0.376. The van der Waals surface area contributed by atoms with E-state index >= 15 is 0 Å². The van der Waals surface area contributed by atoms with Crippen molar-refractivity contribution in [2.45, 2.75) is 24.4 Å². The van der Waals surface area contributed by atoms with Crippen molar-refractivity contribution in [2.75, 3.05) is 0 Å². The number of benzene rings is 2. The van der Waals surface area contributed by atoms with Gasteiger partial charge in [-0.15, -0.1) is 0 Å². The van der Waals surface area contributed by atoms with Crippen molar-refractivity contribution in [3.05, 3.63) is 107 Å². The molecule has 3 aromatic rings. The predicted octanol–water partition coefficient (Wildman–Crippen LogP) is 5.32. The van der Waals surface area contributed by atoms with Crippen LogP contribution in [0.15, 0.2) is 94.9 Å². The van der Waals surface area contributed by atoms with Gasteiger partial charge in [0.2, 0.25) is 0 Å². The largest absolute Gasteiger partial charge is 0.430 e. The third kappa shape index (κ3) is 4.49. The quantitative estimate of drug-likeness (QED) is 0.488. The summed E-state index contributed by atoms with van der Waals surface area (Å²) in [7, 11) is 0. The SMILES string of the molecule is O=c1c2ccccc2nc(CC2=N/C=C\C=C/C=C2)n1-c1ccc(C(O)(C(F)(F)F)C(F)(F)F)cc1. The van der Waals surface area contributed by atoms with Crippen LogP contribution in [-0.4, -0.2) is 32.7 Å². The average Bonchev–Trinajstić information content (AvgIpc) is 2.79. The Labute approximate surface area is 200 Å². The number of allylic oxidation sites excluding steroid dienone is 5. The third-order valence-electron chi connectivity index (χ3n) is 5.50. The number of hydrogen-bond acceptors (Lipinski definition) is 4. The van der Waals surface area contributed by atoms with Gasteiger partial charge in [0.1, 0.15) is 5.82 Å². The van der Waals surface area contributed by atoms with Crippen LogP contribution in [0.4, 0.5) is 26.3 Å². The molecule has 1 N–H and O–H groups in total. The number of fused-ring (bicyclic) bond motifs is 1. The van der Waals surface area contributed by atoms with Gasteiger partial charge in [-0.2, -0.15) is 26.3 Å². The Morgan fingerprint density at radius 1 is 0.833 bits per heavy atom. The van der Waals surface area contributed by atoms with Crippen LogP contribution < -0.4 is 5.56 Å². The van der Waals surface area contributed by atoms with Crippen LogP contribution in [0.5, 0.6) is 0 Å². The normalized spacial score (nSPS) is 16.4. The standard InChI is InChI=1S/C25H17F6N3O2/c26-24(27,28)23(36,25(29,30)31)16-10-12-18(13-11-16)34-21(15-17-7-3-1-2-6-14-32-17)33-20-9-5-4-8-19(20)22(34)35/h1-14,36H,15H2/b2-1-,3-1?,6-2?,7-3?,14-6-,17-7?,32-14?,32-17?. The first-order chi connectivity index (χ1) is 16.9. The van der Waals surface area contributed by atoms with Crippen LogP contribution in [0.3, 0.4) is 0 Å². The monoisotopic (exact) mass is 505 g/mol. The molecule has 0 unspecified atom stereocenters. The summed E-state index contributed by atoms with van der Waals surface area (Å²) in [5.74, 6) is 0.162. The predicted molar refractivity (Wildman–Crippen MR) is 122 cm³/mol. The molecule has 0 bridgehead atoms. The lowest BCUT2D eigenvalue weighted by Crippen LogP contribution is -2.53. The van der Waals surface area contributed by atoms with E-state index in [1.165, 1.54) is 12.3 Å². The first-order valence-corrected chi connectivity index (χ1v) is 10.5. The van der Waals surface area contributed by atoms with Gasteiger partial charge >= 0.3 is 12.4 Å². The molecular weight excluding hydrogens is 488 g/mol. The van der Waals surface area contributed by atoms with E-state index in [2.05, 4.69) is 9.98 Å². The topological polar surface area (TPSA) is 67.5 Å². The van der Waals surface area contributed by atoms with Crippen LogP contribution in [0.1, 0.15) is 11.4 Å². The van der Waals surface area contributed by atoms with Gasteiger partial charge < -0.3 is 5.11 Å². The van der Waals surface area contributed by atoms with E-state index < -0.39 is 29.1 Å². The number of aromatic nitrogens is 2. The highest BCUT2D eigenvalue weighted by atomic mass is 19.4. The molecule has 1 aromatic heterocycles. The number of para-hydroxylation sites is 1. The highest BCUT2D eigenvalue weighted by Gasteiger charge is 2.71. The summed E-state index contributed by atoms with van der Waals surface area (Å²) < 4.78 is 80.7. The number of halogens is 6. The fourth-order valence-corrected chi connectivity index (χ4v) is 3.70. The van der Waals surface area contributed by atoms with Gasteiger partial charge in [-0.05, 0) is 36.4 Å². The molecule has 11 heteroatoms. The molecule has 2 heterocycles. The molecule has 36 heavy (non-hydrogen) atoms. The Morgan fingerprint density at radius 2 is 1.47 bits per heavy atom. The molecule has 0 fully saturated rings. The fourth-order valence-electron chi connectivity index (χ4n) is 3.70. The summed E-state index contributed by atoms with van der Waals surface area (Å²) in [6.45, 7) is 0. The second-order valence-electron chi connectivity index (χ2n) is 7.82. The Morgan fingerprint density at radius 3 is 2.14 bits per heavy atom. The van der Waals surface area contributed by atoms with E-state index in [9.17, 15) is 36.2 Å². The number of nitrogens with zero attached hydrogens (tertiary/aromatic N) is 3. The van der Waals surface area contributed by atoms with E-state index in [0.29, 0.717) is 23.4 Å². The van der Waals surface area contributed by atoms with Crippen LogP contribution >= 0.6 is 0 Å². The molecule has 4 rings (SSSR count). The molecule has 0 spiro atoms. The van der Waals surface area contributed by atoms with E-state index in [0.717, 1.165) is 16.7 Å². The van der Waals surface area contributed by atoms with Gasteiger partial charge in [0.05, 0.1) is 16.6 Å². The second kappa shape index (κ2) is 9.23. The zero-order valence-corrected chi connectivity index (χ0v) is 18.3.